The molecule has 142 valence electrons. The van der Waals surface area contributed by atoms with Gasteiger partial charge in [-0.15, -0.1) is 10.2 Å². The van der Waals surface area contributed by atoms with Crippen molar-refractivity contribution < 1.29 is 4.79 Å². The van der Waals surface area contributed by atoms with Gasteiger partial charge < -0.3 is 9.88 Å². The van der Waals surface area contributed by atoms with Gasteiger partial charge in [0.2, 0.25) is 5.91 Å². The second-order valence-electron chi connectivity index (χ2n) is 5.94. The van der Waals surface area contributed by atoms with Gasteiger partial charge in [0.1, 0.15) is 11.9 Å². The molecule has 1 amide bonds. The number of benzene rings is 2. The fourth-order valence-electron chi connectivity index (χ4n) is 2.69. The SMILES string of the molecule is CCn1c(Cc2ccccc2)nnc1SCC(=O)Nc1cc(Cl)ccc1C#N. The first-order valence-corrected chi connectivity index (χ1v) is 10.1. The zero-order valence-electron chi connectivity index (χ0n) is 15.2. The summed E-state index contributed by atoms with van der Waals surface area (Å²) in [6, 6.07) is 16.9. The number of halogens is 1. The minimum Gasteiger partial charge on any atom is -0.324 e. The number of nitrogens with one attached hydrogen (secondary N) is 1. The number of thioether (sulfide) groups is 1. The number of rotatable bonds is 7. The van der Waals surface area contributed by atoms with Crippen molar-refractivity contribution in [1.82, 2.24) is 14.8 Å². The maximum absolute atomic E-state index is 12.3. The molecule has 1 N–H and O–H groups in total. The monoisotopic (exact) mass is 411 g/mol. The molecule has 0 spiro atoms. The summed E-state index contributed by atoms with van der Waals surface area (Å²) in [7, 11) is 0. The van der Waals surface area contributed by atoms with Crippen LogP contribution in [0.5, 0.6) is 0 Å². The van der Waals surface area contributed by atoms with Crippen LogP contribution in [0.15, 0.2) is 53.7 Å². The number of amides is 1. The van der Waals surface area contributed by atoms with Crippen molar-refractivity contribution in [3.8, 4) is 6.07 Å². The van der Waals surface area contributed by atoms with Crippen LogP contribution in [0.2, 0.25) is 5.02 Å². The molecule has 0 radical (unpaired) electrons. The van der Waals surface area contributed by atoms with Gasteiger partial charge in [-0.25, -0.2) is 0 Å². The van der Waals surface area contributed by atoms with Gasteiger partial charge in [0, 0.05) is 18.0 Å². The minimum absolute atomic E-state index is 0.154. The smallest absolute Gasteiger partial charge is 0.234 e. The fourth-order valence-corrected chi connectivity index (χ4v) is 3.68. The average Bonchev–Trinajstić information content (AvgIpc) is 3.09. The van der Waals surface area contributed by atoms with Crippen LogP contribution in [-0.2, 0) is 17.8 Å². The van der Waals surface area contributed by atoms with E-state index in [2.05, 4.69) is 15.5 Å². The van der Waals surface area contributed by atoms with Gasteiger partial charge in [-0.05, 0) is 30.7 Å². The molecule has 8 heteroatoms. The molecule has 3 aromatic rings. The summed E-state index contributed by atoms with van der Waals surface area (Å²) in [4.78, 5) is 12.3. The van der Waals surface area contributed by atoms with Gasteiger partial charge >= 0.3 is 0 Å². The van der Waals surface area contributed by atoms with Crippen LogP contribution in [0, 0.1) is 11.3 Å². The van der Waals surface area contributed by atoms with Crippen molar-refractivity contribution in [3.05, 3.63) is 70.5 Å². The third-order valence-corrected chi connectivity index (χ3v) is 5.23. The number of aromatic nitrogens is 3. The number of carbonyl (C=O) groups is 1. The standard InChI is InChI=1S/C20H18ClN5OS/c1-2-26-18(10-14-6-4-3-5-7-14)24-25-20(26)28-13-19(27)23-17-11-16(21)9-8-15(17)12-22/h3-9,11H,2,10,13H2,1H3,(H,23,27). The van der Waals surface area contributed by atoms with E-state index in [1.165, 1.54) is 11.8 Å². The predicted molar refractivity (Wildman–Crippen MR) is 110 cm³/mol. The maximum Gasteiger partial charge on any atom is 0.234 e. The van der Waals surface area contributed by atoms with Crippen molar-refractivity contribution in [2.24, 2.45) is 0 Å². The van der Waals surface area contributed by atoms with E-state index >= 15 is 0 Å². The van der Waals surface area contributed by atoms with Crippen molar-refractivity contribution in [2.75, 3.05) is 11.1 Å². The van der Waals surface area contributed by atoms with Gasteiger partial charge in [0.15, 0.2) is 5.16 Å². The highest BCUT2D eigenvalue weighted by Crippen LogP contribution is 2.22. The van der Waals surface area contributed by atoms with Gasteiger partial charge in [-0.1, -0.05) is 53.7 Å². The Bertz CT molecular complexity index is 1010. The third kappa shape index (κ3) is 4.91. The van der Waals surface area contributed by atoms with Crippen LogP contribution in [0.4, 0.5) is 5.69 Å². The Morgan fingerprint density at radius 2 is 2.04 bits per heavy atom. The zero-order valence-corrected chi connectivity index (χ0v) is 16.8. The van der Waals surface area contributed by atoms with Crippen LogP contribution in [0.3, 0.4) is 0 Å². The molecule has 1 aromatic heterocycles. The van der Waals surface area contributed by atoms with Gasteiger partial charge in [0.05, 0.1) is 17.0 Å². The topological polar surface area (TPSA) is 83.6 Å². The summed E-state index contributed by atoms with van der Waals surface area (Å²) in [6.07, 6.45) is 0.683. The minimum atomic E-state index is -0.237. The summed E-state index contributed by atoms with van der Waals surface area (Å²) in [6.45, 7) is 2.74. The zero-order chi connectivity index (χ0) is 19.9. The van der Waals surface area contributed by atoms with E-state index in [1.807, 2.05) is 47.9 Å². The molecule has 0 bridgehead atoms. The first-order valence-electron chi connectivity index (χ1n) is 8.69. The van der Waals surface area contributed by atoms with E-state index < -0.39 is 0 Å². The number of anilines is 1. The lowest BCUT2D eigenvalue weighted by molar-refractivity contribution is -0.113. The largest absolute Gasteiger partial charge is 0.324 e. The molecule has 2 aromatic carbocycles. The highest BCUT2D eigenvalue weighted by atomic mass is 35.5. The molecular weight excluding hydrogens is 394 g/mol. The number of hydrogen-bond acceptors (Lipinski definition) is 5. The van der Waals surface area contributed by atoms with Crippen molar-refractivity contribution in [1.29, 1.82) is 5.26 Å². The quantitative estimate of drug-likeness (QED) is 0.590. The van der Waals surface area contributed by atoms with Crippen LogP contribution in [0.25, 0.3) is 0 Å². The Labute approximate surface area is 172 Å². The highest BCUT2D eigenvalue weighted by molar-refractivity contribution is 7.99. The Balaban J connectivity index is 1.65. The first kappa shape index (κ1) is 19.9. The molecule has 0 aliphatic carbocycles. The van der Waals surface area contributed by atoms with E-state index in [0.717, 1.165) is 11.4 Å². The van der Waals surface area contributed by atoms with Crippen LogP contribution >= 0.6 is 23.4 Å². The van der Waals surface area contributed by atoms with Crippen molar-refractivity contribution in [3.63, 3.8) is 0 Å². The number of hydrogen-bond donors (Lipinski definition) is 1. The molecule has 1 heterocycles. The molecule has 6 nitrogen and oxygen atoms in total. The second-order valence-corrected chi connectivity index (χ2v) is 7.32. The summed E-state index contributed by atoms with van der Waals surface area (Å²) in [5, 5.41) is 21.5. The summed E-state index contributed by atoms with van der Waals surface area (Å²) in [5.41, 5.74) is 1.93. The fraction of sp³-hybridized carbons (Fsp3) is 0.200. The summed E-state index contributed by atoms with van der Waals surface area (Å²) in [5.74, 6) is 0.776. The van der Waals surface area contributed by atoms with Gasteiger partial charge in [0.25, 0.3) is 0 Å². The number of nitriles is 1. The highest BCUT2D eigenvalue weighted by Gasteiger charge is 2.14. The van der Waals surface area contributed by atoms with Crippen LogP contribution < -0.4 is 5.32 Å². The van der Waals surface area contributed by atoms with E-state index in [0.29, 0.717) is 34.4 Å². The number of nitrogens with zero attached hydrogens (tertiary/aromatic N) is 4. The molecule has 0 saturated carbocycles. The molecule has 28 heavy (non-hydrogen) atoms. The van der Waals surface area contributed by atoms with Crippen molar-refractivity contribution >= 4 is 35.0 Å². The summed E-state index contributed by atoms with van der Waals surface area (Å²) < 4.78 is 2.00. The Morgan fingerprint density at radius 1 is 1.25 bits per heavy atom. The Kier molecular flexibility index (Phi) is 6.69. The van der Waals surface area contributed by atoms with Gasteiger partial charge in [-0.3, -0.25) is 4.79 Å². The van der Waals surface area contributed by atoms with Crippen LogP contribution in [0.1, 0.15) is 23.9 Å². The van der Waals surface area contributed by atoms with E-state index in [-0.39, 0.29) is 11.7 Å². The number of carbonyl (C=O) groups excluding carboxylic acids is 1. The predicted octanol–water partition coefficient (Wildman–Crippen LogP) is 4.14. The molecule has 3 rings (SSSR count). The lowest BCUT2D eigenvalue weighted by Gasteiger charge is -2.09. The van der Waals surface area contributed by atoms with E-state index in [9.17, 15) is 4.79 Å². The van der Waals surface area contributed by atoms with E-state index in [4.69, 9.17) is 16.9 Å². The second kappa shape index (κ2) is 9.40. The van der Waals surface area contributed by atoms with Gasteiger partial charge in [-0.2, -0.15) is 5.26 Å². The summed E-state index contributed by atoms with van der Waals surface area (Å²) >= 11 is 7.26. The maximum atomic E-state index is 12.3. The Hall–Kier alpha value is -2.82. The molecule has 0 saturated heterocycles. The average molecular weight is 412 g/mol. The lowest BCUT2D eigenvalue weighted by Crippen LogP contribution is -2.15. The molecule has 0 fully saturated rings. The Morgan fingerprint density at radius 3 is 2.75 bits per heavy atom. The lowest BCUT2D eigenvalue weighted by atomic mass is 10.1. The molecular formula is C20H18ClN5OS. The van der Waals surface area contributed by atoms with E-state index in [1.54, 1.807) is 18.2 Å². The normalized spacial score (nSPS) is 10.5. The van der Waals surface area contributed by atoms with Crippen molar-refractivity contribution in [2.45, 2.75) is 25.0 Å². The molecule has 0 aliphatic heterocycles. The first-order chi connectivity index (χ1) is 13.6. The molecule has 0 aliphatic rings. The van der Waals surface area contributed by atoms with Crippen LogP contribution in [-0.4, -0.2) is 26.4 Å². The molecule has 0 unspecified atom stereocenters. The third-order valence-electron chi connectivity index (χ3n) is 4.02. The molecule has 0 atom stereocenters.